The zero-order valence-electron chi connectivity index (χ0n) is 11.2. The van der Waals surface area contributed by atoms with Gasteiger partial charge in [-0.05, 0) is 12.1 Å². The average Bonchev–Trinajstić information content (AvgIpc) is 2.73. The van der Waals surface area contributed by atoms with E-state index in [0.717, 1.165) is 11.0 Å². The first-order chi connectivity index (χ1) is 9.43. The highest BCUT2D eigenvalue weighted by Gasteiger charge is 2.14. The summed E-state index contributed by atoms with van der Waals surface area (Å²) in [6.07, 6.45) is 0.371. The number of imidazole rings is 1. The molecule has 0 fully saturated rings. The molecule has 5 nitrogen and oxygen atoms in total. The summed E-state index contributed by atoms with van der Waals surface area (Å²) in [6, 6.07) is 7.61. The van der Waals surface area contributed by atoms with Gasteiger partial charge in [0.1, 0.15) is 5.82 Å². The van der Waals surface area contributed by atoms with Crippen LogP contribution in [0.15, 0.2) is 24.3 Å². The van der Waals surface area contributed by atoms with E-state index < -0.39 is 9.84 Å². The standard InChI is InChI=1S/C13H17N3O2S2/c1-2-20(17,18)8-7-16-11-6-4-3-5-10(11)15-13(16)9-12(14)19/h3-6H,2,7-9H2,1H3,(H2,14,19). The first-order valence-electron chi connectivity index (χ1n) is 6.36. The first-order valence-corrected chi connectivity index (χ1v) is 8.59. The van der Waals surface area contributed by atoms with Crippen molar-refractivity contribution in [3.05, 3.63) is 30.1 Å². The second-order valence-corrected chi connectivity index (χ2v) is 7.54. The molecule has 2 rings (SSSR count). The highest BCUT2D eigenvalue weighted by Crippen LogP contribution is 2.16. The van der Waals surface area contributed by atoms with Gasteiger partial charge in [-0.3, -0.25) is 0 Å². The van der Waals surface area contributed by atoms with E-state index in [1.807, 2.05) is 28.8 Å². The smallest absolute Gasteiger partial charge is 0.151 e. The molecule has 0 aliphatic heterocycles. The number of nitrogens with zero attached hydrogens (tertiary/aromatic N) is 2. The minimum absolute atomic E-state index is 0.0915. The molecule has 0 aliphatic carbocycles. The predicted octanol–water partition coefficient (Wildman–Crippen LogP) is 1.30. The van der Waals surface area contributed by atoms with Gasteiger partial charge < -0.3 is 10.3 Å². The summed E-state index contributed by atoms with van der Waals surface area (Å²) in [7, 11) is -3.02. The van der Waals surface area contributed by atoms with Crippen molar-refractivity contribution in [2.75, 3.05) is 11.5 Å². The lowest BCUT2D eigenvalue weighted by molar-refractivity contribution is 0.590. The van der Waals surface area contributed by atoms with Crippen molar-refractivity contribution < 1.29 is 8.42 Å². The van der Waals surface area contributed by atoms with Gasteiger partial charge in [0.2, 0.25) is 0 Å². The summed E-state index contributed by atoms with van der Waals surface area (Å²) < 4.78 is 25.3. The Hall–Kier alpha value is -1.47. The fourth-order valence-electron chi connectivity index (χ4n) is 2.04. The highest BCUT2D eigenvalue weighted by molar-refractivity contribution is 7.91. The van der Waals surface area contributed by atoms with Crippen LogP contribution in [-0.2, 0) is 22.8 Å². The third-order valence-electron chi connectivity index (χ3n) is 3.13. The van der Waals surface area contributed by atoms with Crippen LogP contribution in [0.3, 0.4) is 0 Å². The molecule has 1 aromatic carbocycles. The second-order valence-electron chi connectivity index (χ2n) is 4.55. The number of hydrogen-bond donors (Lipinski definition) is 1. The van der Waals surface area contributed by atoms with E-state index >= 15 is 0 Å². The van der Waals surface area contributed by atoms with Crippen molar-refractivity contribution in [1.29, 1.82) is 0 Å². The number of aromatic nitrogens is 2. The Balaban J connectivity index is 2.40. The molecule has 7 heteroatoms. The monoisotopic (exact) mass is 311 g/mol. The maximum atomic E-state index is 11.7. The molecule has 0 bridgehead atoms. The maximum absolute atomic E-state index is 11.7. The van der Waals surface area contributed by atoms with Crippen LogP contribution in [0.2, 0.25) is 0 Å². The summed E-state index contributed by atoms with van der Waals surface area (Å²) in [5, 5.41) is 0. The zero-order valence-corrected chi connectivity index (χ0v) is 12.9. The van der Waals surface area contributed by atoms with Crippen LogP contribution in [0.25, 0.3) is 11.0 Å². The molecule has 108 valence electrons. The van der Waals surface area contributed by atoms with Gasteiger partial charge in [0.25, 0.3) is 0 Å². The lowest BCUT2D eigenvalue weighted by Gasteiger charge is -2.08. The van der Waals surface area contributed by atoms with E-state index in [2.05, 4.69) is 4.98 Å². The molecule has 0 unspecified atom stereocenters. The van der Waals surface area contributed by atoms with Crippen LogP contribution in [-0.4, -0.2) is 34.5 Å². The number of sulfone groups is 1. The van der Waals surface area contributed by atoms with Crippen molar-refractivity contribution in [1.82, 2.24) is 9.55 Å². The number of benzene rings is 1. The molecule has 0 aliphatic rings. The third kappa shape index (κ3) is 3.34. The number of fused-ring (bicyclic) bond motifs is 1. The molecule has 0 radical (unpaired) electrons. The molecule has 1 heterocycles. The highest BCUT2D eigenvalue weighted by atomic mass is 32.2. The predicted molar refractivity (Wildman–Crippen MR) is 84.6 cm³/mol. The fourth-order valence-corrected chi connectivity index (χ4v) is 2.92. The minimum Gasteiger partial charge on any atom is -0.393 e. The van der Waals surface area contributed by atoms with Gasteiger partial charge in [-0.25, -0.2) is 13.4 Å². The van der Waals surface area contributed by atoms with Gasteiger partial charge in [-0.15, -0.1) is 0 Å². The Morgan fingerprint density at radius 2 is 2.10 bits per heavy atom. The van der Waals surface area contributed by atoms with Crippen LogP contribution in [0.5, 0.6) is 0 Å². The molecule has 2 N–H and O–H groups in total. The second kappa shape index (κ2) is 5.88. The van der Waals surface area contributed by atoms with Crippen LogP contribution in [0, 0.1) is 0 Å². The lowest BCUT2D eigenvalue weighted by atomic mass is 10.3. The molecule has 0 atom stereocenters. The first kappa shape index (κ1) is 14.9. The summed E-state index contributed by atoms with van der Waals surface area (Å²) >= 11 is 4.93. The molecule has 0 amide bonds. The van der Waals surface area contributed by atoms with E-state index in [1.54, 1.807) is 6.92 Å². The fraction of sp³-hybridized carbons (Fsp3) is 0.385. The van der Waals surface area contributed by atoms with Gasteiger partial charge in [0.05, 0.1) is 28.2 Å². The topological polar surface area (TPSA) is 78.0 Å². The van der Waals surface area contributed by atoms with Crippen LogP contribution in [0.1, 0.15) is 12.7 Å². The SMILES string of the molecule is CCS(=O)(=O)CCn1c(CC(N)=S)nc2ccccc21. The summed E-state index contributed by atoms with van der Waals surface area (Å²) in [5.41, 5.74) is 7.32. The van der Waals surface area contributed by atoms with E-state index in [-0.39, 0.29) is 11.5 Å². The quantitative estimate of drug-likeness (QED) is 0.814. The normalized spacial score (nSPS) is 11.8. The van der Waals surface area contributed by atoms with Gasteiger partial charge in [0.15, 0.2) is 9.84 Å². The third-order valence-corrected chi connectivity index (χ3v) is 4.96. The van der Waals surface area contributed by atoms with E-state index in [9.17, 15) is 8.42 Å². The summed E-state index contributed by atoms with van der Waals surface area (Å²) in [6.45, 7) is 2.02. The van der Waals surface area contributed by atoms with Crippen molar-refractivity contribution in [2.24, 2.45) is 5.73 Å². The molecule has 0 spiro atoms. The maximum Gasteiger partial charge on any atom is 0.151 e. The number of thiocarbonyl (C=S) groups is 1. The Morgan fingerprint density at radius 1 is 1.40 bits per heavy atom. The van der Waals surface area contributed by atoms with Crippen LogP contribution < -0.4 is 5.73 Å². The summed E-state index contributed by atoms with van der Waals surface area (Å²) in [4.78, 5) is 4.83. The van der Waals surface area contributed by atoms with Crippen molar-refractivity contribution in [2.45, 2.75) is 19.9 Å². The van der Waals surface area contributed by atoms with Crippen molar-refractivity contribution >= 4 is 38.1 Å². The van der Waals surface area contributed by atoms with Gasteiger partial charge in [-0.1, -0.05) is 31.3 Å². The average molecular weight is 311 g/mol. The largest absolute Gasteiger partial charge is 0.393 e. The molecule has 0 saturated carbocycles. The number of aryl methyl sites for hydroxylation is 1. The molecule has 20 heavy (non-hydrogen) atoms. The number of hydrogen-bond acceptors (Lipinski definition) is 4. The minimum atomic E-state index is -3.02. The Bertz CT molecular complexity index is 735. The molecular formula is C13H17N3O2S2. The molecule has 1 aromatic heterocycles. The molecule has 0 saturated heterocycles. The number of para-hydroxylation sites is 2. The number of nitrogens with two attached hydrogens (primary N) is 1. The Labute approximate surface area is 123 Å². The van der Waals surface area contributed by atoms with Gasteiger partial charge >= 0.3 is 0 Å². The molecule has 2 aromatic rings. The van der Waals surface area contributed by atoms with Crippen molar-refractivity contribution in [3.63, 3.8) is 0 Å². The van der Waals surface area contributed by atoms with E-state index in [1.165, 1.54) is 0 Å². The Morgan fingerprint density at radius 3 is 2.75 bits per heavy atom. The summed E-state index contributed by atoms with van der Waals surface area (Å²) in [5.74, 6) is 0.948. The van der Waals surface area contributed by atoms with Crippen LogP contribution >= 0.6 is 12.2 Å². The van der Waals surface area contributed by atoms with Crippen LogP contribution in [0.4, 0.5) is 0 Å². The molecular weight excluding hydrogens is 294 g/mol. The lowest BCUT2D eigenvalue weighted by Crippen LogP contribution is -2.19. The Kier molecular flexibility index (Phi) is 4.39. The van der Waals surface area contributed by atoms with E-state index in [4.69, 9.17) is 18.0 Å². The van der Waals surface area contributed by atoms with Crippen molar-refractivity contribution in [3.8, 4) is 0 Å². The van der Waals surface area contributed by atoms with E-state index in [0.29, 0.717) is 23.8 Å². The zero-order chi connectivity index (χ0) is 14.8. The van der Waals surface area contributed by atoms with Gasteiger partial charge in [-0.2, -0.15) is 0 Å². The van der Waals surface area contributed by atoms with Gasteiger partial charge in [0, 0.05) is 12.3 Å². The number of rotatable bonds is 6.